The highest BCUT2D eigenvalue weighted by atomic mass is 16.6. The first-order chi connectivity index (χ1) is 11.6. The summed E-state index contributed by atoms with van der Waals surface area (Å²) in [6.07, 6.45) is 1.12. The van der Waals surface area contributed by atoms with Gasteiger partial charge in [0.15, 0.2) is 0 Å². The third-order valence-electron chi connectivity index (χ3n) is 5.08. The zero-order valence-corrected chi connectivity index (χ0v) is 13.3. The molecule has 2 aromatic rings. The number of nitrogens with zero attached hydrogens (tertiary/aromatic N) is 3. The summed E-state index contributed by atoms with van der Waals surface area (Å²) < 4.78 is 1.92. The van der Waals surface area contributed by atoms with Gasteiger partial charge in [-0.25, -0.2) is 0 Å². The fraction of sp³-hybridized carbons (Fsp3) is 0.389. The number of benzene rings is 1. The summed E-state index contributed by atoms with van der Waals surface area (Å²) >= 11 is 0. The minimum absolute atomic E-state index is 0.0920. The fourth-order valence-corrected chi connectivity index (χ4v) is 4.15. The number of aromatic nitrogens is 1. The Bertz CT molecular complexity index is 845. The molecule has 24 heavy (non-hydrogen) atoms. The Hall–Kier alpha value is -2.47. The van der Waals surface area contributed by atoms with Crippen molar-refractivity contribution >= 4 is 5.69 Å². The molecule has 0 N–H and O–H groups in total. The Morgan fingerprint density at radius 1 is 1.12 bits per heavy atom. The lowest BCUT2D eigenvalue weighted by Gasteiger charge is -2.42. The minimum Gasteiger partial charge on any atom is -0.312 e. The normalized spacial score (nSPS) is 22.8. The van der Waals surface area contributed by atoms with Crippen LogP contribution in [0, 0.1) is 16.0 Å². The van der Waals surface area contributed by atoms with Gasteiger partial charge < -0.3 is 4.57 Å². The average molecular weight is 325 g/mol. The molecule has 0 saturated carbocycles. The van der Waals surface area contributed by atoms with Gasteiger partial charge in [0.25, 0.3) is 11.2 Å². The number of rotatable bonds is 3. The van der Waals surface area contributed by atoms with Crippen LogP contribution in [0.4, 0.5) is 5.69 Å². The topological polar surface area (TPSA) is 68.4 Å². The van der Waals surface area contributed by atoms with Crippen LogP contribution in [0.15, 0.2) is 47.3 Å². The van der Waals surface area contributed by atoms with E-state index in [0.29, 0.717) is 18.4 Å². The number of non-ortho nitro benzene ring substituents is 1. The maximum Gasteiger partial charge on any atom is 0.269 e. The van der Waals surface area contributed by atoms with Crippen molar-refractivity contribution in [1.29, 1.82) is 0 Å². The standard InChI is InChI=1S/C18H19N3O3/c22-18-6-2-5-17-15-7-14(11-20(17)18)10-19(12-15)9-13-3-1-4-16(8-13)21(23)24/h1-6,8,14-15H,7,9-12H2/t14-,15+/m0/s1. The van der Waals surface area contributed by atoms with E-state index in [-0.39, 0.29) is 16.2 Å². The van der Waals surface area contributed by atoms with Gasteiger partial charge >= 0.3 is 0 Å². The SMILES string of the molecule is O=c1cccc2n1C[C@H]1C[C@@H]2CN(Cc2cccc([N+](=O)[O-])c2)C1. The summed E-state index contributed by atoms with van der Waals surface area (Å²) in [5.74, 6) is 0.833. The lowest BCUT2D eigenvalue weighted by Crippen LogP contribution is -2.46. The van der Waals surface area contributed by atoms with Crippen molar-refractivity contribution in [2.75, 3.05) is 13.1 Å². The average Bonchev–Trinajstić information content (AvgIpc) is 2.56. The second-order valence-electron chi connectivity index (χ2n) is 6.82. The predicted molar refractivity (Wildman–Crippen MR) is 89.9 cm³/mol. The second-order valence-corrected chi connectivity index (χ2v) is 6.82. The van der Waals surface area contributed by atoms with Gasteiger partial charge in [0.2, 0.25) is 0 Å². The summed E-state index contributed by atoms with van der Waals surface area (Å²) in [4.78, 5) is 25.0. The Kier molecular flexibility index (Phi) is 3.69. The van der Waals surface area contributed by atoms with E-state index in [4.69, 9.17) is 0 Å². The predicted octanol–water partition coefficient (Wildman–Crippen LogP) is 2.38. The van der Waals surface area contributed by atoms with Gasteiger partial charge in [-0.05, 0) is 24.0 Å². The molecular formula is C18H19N3O3. The van der Waals surface area contributed by atoms with Gasteiger partial charge in [0.05, 0.1) is 4.92 Å². The van der Waals surface area contributed by atoms with Crippen molar-refractivity contribution < 1.29 is 4.92 Å². The summed E-state index contributed by atoms with van der Waals surface area (Å²) in [7, 11) is 0. The molecule has 6 heteroatoms. The highest BCUT2D eigenvalue weighted by Gasteiger charge is 2.34. The summed E-state index contributed by atoms with van der Waals surface area (Å²) in [5, 5.41) is 10.9. The van der Waals surface area contributed by atoms with Crippen LogP contribution >= 0.6 is 0 Å². The minimum atomic E-state index is -0.350. The molecule has 4 rings (SSSR count). The van der Waals surface area contributed by atoms with E-state index in [0.717, 1.165) is 37.3 Å². The monoisotopic (exact) mass is 325 g/mol. The Balaban J connectivity index is 1.55. The fourth-order valence-electron chi connectivity index (χ4n) is 4.15. The number of hydrogen-bond acceptors (Lipinski definition) is 4. The smallest absolute Gasteiger partial charge is 0.269 e. The molecule has 2 aliphatic rings. The third-order valence-corrected chi connectivity index (χ3v) is 5.08. The van der Waals surface area contributed by atoms with Crippen LogP contribution in [0.1, 0.15) is 23.6 Å². The molecule has 2 aliphatic heterocycles. The molecule has 0 amide bonds. The Labute approximate surface area is 139 Å². The van der Waals surface area contributed by atoms with Gasteiger partial charge in [0, 0.05) is 56.0 Å². The van der Waals surface area contributed by atoms with E-state index >= 15 is 0 Å². The molecule has 3 heterocycles. The van der Waals surface area contributed by atoms with Crippen LogP contribution in [0.5, 0.6) is 0 Å². The first-order valence-corrected chi connectivity index (χ1v) is 8.25. The zero-order valence-electron chi connectivity index (χ0n) is 13.3. The van der Waals surface area contributed by atoms with E-state index in [9.17, 15) is 14.9 Å². The highest BCUT2D eigenvalue weighted by molar-refractivity contribution is 5.34. The van der Waals surface area contributed by atoms with E-state index in [1.165, 1.54) is 6.07 Å². The number of pyridine rings is 1. The molecule has 0 radical (unpaired) electrons. The maximum atomic E-state index is 12.1. The number of piperidine rings is 1. The van der Waals surface area contributed by atoms with Gasteiger partial charge in [0.1, 0.15) is 0 Å². The van der Waals surface area contributed by atoms with E-state index in [2.05, 4.69) is 11.0 Å². The van der Waals surface area contributed by atoms with Crippen LogP contribution in [0.3, 0.4) is 0 Å². The molecule has 0 unspecified atom stereocenters. The summed E-state index contributed by atoms with van der Waals surface area (Å²) in [6.45, 7) is 3.31. The number of nitro benzene ring substituents is 1. The largest absolute Gasteiger partial charge is 0.312 e. The first-order valence-electron chi connectivity index (χ1n) is 8.25. The van der Waals surface area contributed by atoms with Crippen molar-refractivity contribution in [1.82, 2.24) is 9.47 Å². The Morgan fingerprint density at radius 2 is 1.96 bits per heavy atom. The van der Waals surface area contributed by atoms with Crippen molar-refractivity contribution in [2.45, 2.75) is 25.4 Å². The van der Waals surface area contributed by atoms with Crippen molar-refractivity contribution in [3.05, 3.63) is 74.2 Å². The van der Waals surface area contributed by atoms with Crippen LogP contribution < -0.4 is 5.56 Å². The van der Waals surface area contributed by atoms with Crippen LogP contribution in [0.2, 0.25) is 0 Å². The van der Waals surface area contributed by atoms with E-state index in [1.807, 2.05) is 16.7 Å². The summed E-state index contributed by atoms with van der Waals surface area (Å²) in [5.41, 5.74) is 2.33. The van der Waals surface area contributed by atoms with Gasteiger partial charge in [-0.15, -0.1) is 0 Å². The molecule has 1 aromatic heterocycles. The summed E-state index contributed by atoms with van der Waals surface area (Å²) in [6, 6.07) is 12.4. The van der Waals surface area contributed by atoms with Gasteiger partial charge in [-0.1, -0.05) is 18.2 Å². The zero-order chi connectivity index (χ0) is 16.7. The molecular weight excluding hydrogens is 306 g/mol. The van der Waals surface area contributed by atoms with Crippen LogP contribution in [-0.2, 0) is 13.1 Å². The molecule has 1 aromatic carbocycles. The molecule has 2 atom stereocenters. The van der Waals surface area contributed by atoms with Gasteiger partial charge in [-0.2, -0.15) is 0 Å². The quantitative estimate of drug-likeness (QED) is 0.642. The van der Waals surface area contributed by atoms with E-state index in [1.54, 1.807) is 18.2 Å². The van der Waals surface area contributed by atoms with Crippen molar-refractivity contribution in [2.24, 2.45) is 5.92 Å². The molecule has 0 aliphatic carbocycles. The molecule has 1 fully saturated rings. The molecule has 6 nitrogen and oxygen atoms in total. The molecule has 124 valence electrons. The lowest BCUT2D eigenvalue weighted by atomic mass is 9.83. The highest BCUT2D eigenvalue weighted by Crippen LogP contribution is 2.35. The van der Waals surface area contributed by atoms with Crippen molar-refractivity contribution in [3.63, 3.8) is 0 Å². The second kappa shape index (κ2) is 5.87. The van der Waals surface area contributed by atoms with E-state index < -0.39 is 0 Å². The van der Waals surface area contributed by atoms with Crippen LogP contribution in [-0.4, -0.2) is 27.5 Å². The number of hydrogen-bond donors (Lipinski definition) is 0. The lowest BCUT2D eigenvalue weighted by molar-refractivity contribution is -0.384. The van der Waals surface area contributed by atoms with Gasteiger partial charge in [-0.3, -0.25) is 19.8 Å². The Morgan fingerprint density at radius 3 is 2.79 bits per heavy atom. The first kappa shape index (κ1) is 15.1. The van der Waals surface area contributed by atoms with Crippen LogP contribution in [0.25, 0.3) is 0 Å². The van der Waals surface area contributed by atoms with Crippen molar-refractivity contribution in [3.8, 4) is 0 Å². The molecule has 0 spiro atoms. The number of nitro groups is 1. The third kappa shape index (κ3) is 2.73. The molecule has 2 bridgehead atoms. The number of likely N-dealkylation sites (tertiary alicyclic amines) is 1. The molecule has 1 saturated heterocycles. The number of fused-ring (bicyclic) bond motifs is 4. The maximum absolute atomic E-state index is 12.1.